The number of ketones is 1. The van der Waals surface area contributed by atoms with Crippen molar-refractivity contribution in [2.75, 3.05) is 21.3 Å². The van der Waals surface area contributed by atoms with E-state index in [4.69, 9.17) is 14.2 Å². The minimum atomic E-state index is -0.138. The van der Waals surface area contributed by atoms with Crippen molar-refractivity contribution >= 4 is 17.4 Å². The summed E-state index contributed by atoms with van der Waals surface area (Å²) < 4.78 is 15.7. The highest BCUT2D eigenvalue weighted by atomic mass is 16.5. The van der Waals surface area contributed by atoms with Crippen LogP contribution in [0.15, 0.2) is 60.4 Å². The quantitative estimate of drug-likeness (QED) is 0.577. The van der Waals surface area contributed by atoms with Crippen LogP contribution in [-0.2, 0) is 4.74 Å². The van der Waals surface area contributed by atoms with Crippen LogP contribution in [0.1, 0.15) is 28.2 Å². The molecule has 1 aliphatic rings. The van der Waals surface area contributed by atoms with E-state index in [1.165, 1.54) is 13.2 Å². The smallest absolute Gasteiger partial charge is 0.186 e. The van der Waals surface area contributed by atoms with Gasteiger partial charge in [0, 0.05) is 5.56 Å². The molecule has 3 rings (SSSR count). The lowest BCUT2D eigenvalue weighted by Crippen LogP contribution is -1.97. The summed E-state index contributed by atoms with van der Waals surface area (Å²) >= 11 is 0. The highest BCUT2D eigenvalue weighted by molar-refractivity contribution is 6.07. The lowest BCUT2D eigenvalue weighted by Gasteiger charge is -2.07. The molecule has 0 saturated carbocycles. The third-order valence-corrected chi connectivity index (χ3v) is 4.31. The fourth-order valence-corrected chi connectivity index (χ4v) is 2.77. The minimum absolute atomic E-state index is 0.138. The number of nitrogens with one attached hydrogen (secondary N) is 1. The average Bonchev–Trinajstić information content (AvgIpc) is 3.07. The van der Waals surface area contributed by atoms with Gasteiger partial charge in [-0.3, -0.25) is 9.89 Å². The van der Waals surface area contributed by atoms with Crippen molar-refractivity contribution in [1.82, 2.24) is 10.2 Å². The Morgan fingerprint density at radius 2 is 1.89 bits per heavy atom. The number of aromatic nitrogens is 2. The number of carbonyl (C=O) groups is 1. The SMILES string of the molecule is COC1=CC=C(c2cc(C=CC(=O)c3ccc(OC)c(OC)c3)[nH]n2)CC=C1. The molecule has 28 heavy (non-hydrogen) atoms. The zero-order valence-electron chi connectivity index (χ0n) is 16.1. The number of benzene rings is 1. The van der Waals surface area contributed by atoms with Crippen molar-refractivity contribution in [3.05, 3.63) is 77.4 Å². The van der Waals surface area contributed by atoms with Crippen LogP contribution in [-0.4, -0.2) is 37.3 Å². The first-order chi connectivity index (χ1) is 13.6. The molecule has 2 aromatic rings. The Kier molecular flexibility index (Phi) is 6.11. The number of carbonyl (C=O) groups excluding carboxylic acids is 1. The standard InChI is InChI=1S/C22H22N2O4/c1-26-18-6-4-5-15(7-10-18)19-14-17(23-24-19)9-11-20(25)16-8-12-21(27-2)22(13-16)28-3/h4,6-14H,5H2,1-3H3,(H,23,24). The van der Waals surface area contributed by atoms with E-state index in [1.54, 1.807) is 38.5 Å². The molecular formula is C22H22N2O4. The number of ether oxygens (including phenoxy) is 3. The molecule has 6 heteroatoms. The highest BCUT2D eigenvalue weighted by Gasteiger charge is 2.10. The molecule has 1 aliphatic carbocycles. The number of methoxy groups -OCH3 is 3. The predicted octanol–water partition coefficient (Wildman–Crippen LogP) is 4.20. The first kappa shape index (κ1) is 19.2. The highest BCUT2D eigenvalue weighted by Crippen LogP contribution is 2.28. The summed E-state index contributed by atoms with van der Waals surface area (Å²) in [5.41, 5.74) is 3.15. The zero-order chi connectivity index (χ0) is 19.9. The normalized spacial score (nSPS) is 13.7. The number of rotatable bonds is 7. The predicted molar refractivity (Wildman–Crippen MR) is 108 cm³/mol. The maximum absolute atomic E-state index is 12.4. The Morgan fingerprint density at radius 1 is 1.07 bits per heavy atom. The summed E-state index contributed by atoms with van der Waals surface area (Å²) in [6.07, 6.45) is 11.8. The molecule has 0 atom stereocenters. The fourth-order valence-electron chi connectivity index (χ4n) is 2.77. The van der Waals surface area contributed by atoms with E-state index in [9.17, 15) is 4.79 Å². The van der Waals surface area contributed by atoms with Crippen LogP contribution in [0.2, 0.25) is 0 Å². The minimum Gasteiger partial charge on any atom is -0.497 e. The second kappa shape index (κ2) is 8.90. The van der Waals surface area contributed by atoms with Crippen molar-refractivity contribution in [3.8, 4) is 11.5 Å². The van der Waals surface area contributed by atoms with Crippen LogP contribution >= 0.6 is 0 Å². The number of nitrogens with zero attached hydrogens (tertiary/aromatic N) is 1. The first-order valence-corrected chi connectivity index (χ1v) is 8.76. The van der Waals surface area contributed by atoms with Gasteiger partial charge < -0.3 is 14.2 Å². The van der Waals surface area contributed by atoms with Gasteiger partial charge >= 0.3 is 0 Å². The average molecular weight is 378 g/mol. The second-order valence-electron chi connectivity index (χ2n) is 6.05. The van der Waals surface area contributed by atoms with Crippen LogP contribution in [0.5, 0.6) is 11.5 Å². The van der Waals surface area contributed by atoms with Crippen molar-refractivity contribution in [1.29, 1.82) is 0 Å². The number of hydrogen-bond donors (Lipinski definition) is 1. The van der Waals surface area contributed by atoms with E-state index < -0.39 is 0 Å². The van der Waals surface area contributed by atoms with E-state index in [0.29, 0.717) is 17.1 Å². The summed E-state index contributed by atoms with van der Waals surface area (Å²) in [6.45, 7) is 0. The van der Waals surface area contributed by atoms with E-state index in [1.807, 2.05) is 30.4 Å². The van der Waals surface area contributed by atoms with Crippen LogP contribution in [0.3, 0.4) is 0 Å². The zero-order valence-corrected chi connectivity index (χ0v) is 16.1. The molecule has 0 unspecified atom stereocenters. The third-order valence-electron chi connectivity index (χ3n) is 4.31. The Morgan fingerprint density at radius 3 is 2.64 bits per heavy atom. The maximum atomic E-state index is 12.4. The van der Waals surface area contributed by atoms with E-state index in [2.05, 4.69) is 10.2 Å². The van der Waals surface area contributed by atoms with Gasteiger partial charge in [-0.25, -0.2) is 0 Å². The van der Waals surface area contributed by atoms with Crippen molar-refractivity contribution < 1.29 is 19.0 Å². The van der Waals surface area contributed by atoms with Gasteiger partial charge in [-0.05, 0) is 60.6 Å². The Bertz CT molecular complexity index is 980. The molecule has 0 radical (unpaired) electrons. The Hall–Kier alpha value is -3.54. The lowest BCUT2D eigenvalue weighted by atomic mass is 10.1. The monoisotopic (exact) mass is 378 g/mol. The van der Waals surface area contributed by atoms with Crippen molar-refractivity contribution in [3.63, 3.8) is 0 Å². The largest absolute Gasteiger partial charge is 0.497 e. The van der Waals surface area contributed by atoms with Crippen LogP contribution in [0, 0.1) is 0 Å². The molecule has 0 bridgehead atoms. The van der Waals surface area contributed by atoms with Gasteiger partial charge in [0.15, 0.2) is 17.3 Å². The summed E-state index contributed by atoms with van der Waals surface area (Å²) in [4.78, 5) is 12.4. The number of allylic oxidation sites excluding steroid dienone is 6. The molecule has 1 heterocycles. The van der Waals surface area contributed by atoms with Crippen LogP contribution < -0.4 is 9.47 Å². The molecule has 0 aliphatic heterocycles. The topological polar surface area (TPSA) is 73.4 Å². The summed E-state index contributed by atoms with van der Waals surface area (Å²) in [5, 5.41) is 7.28. The van der Waals surface area contributed by atoms with E-state index in [0.717, 1.165) is 29.1 Å². The van der Waals surface area contributed by atoms with Gasteiger partial charge in [0.1, 0.15) is 5.76 Å². The Labute approximate surface area is 163 Å². The molecule has 0 fully saturated rings. The number of aromatic amines is 1. The molecule has 0 amide bonds. The molecule has 1 N–H and O–H groups in total. The van der Waals surface area contributed by atoms with Gasteiger partial charge in [-0.1, -0.05) is 12.2 Å². The number of H-pyrrole nitrogens is 1. The molecule has 6 nitrogen and oxygen atoms in total. The van der Waals surface area contributed by atoms with Crippen molar-refractivity contribution in [2.45, 2.75) is 6.42 Å². The van der Waals surface area contributed by atoms with Crippen LogP contribution in [0.25, 0.3) is 11.6 Å². The van der Waals surface area contributed by atoms with Gasteiger partial charge in [0.25, 0.3) is 0 Å². The van der Waals surface area contributed by atoms with Gasteiger partial charge in [0.2, 0.25) is 0 Å². The van der Waals surface area contributed by atoms with Gasteiger partial charge in [0.05, 0.1) is 32.7 Å². The lowest BCUT2D eigenvalue weighted by molar-refractivity contribution is 0.104. The summed E-state index contributed by atoms with van der Waals surface area (Å²) in [5.74, 6) is 1.76. The molecule has 1 aromatic carbocycles. The molecule has 144 valence electrons. The molecule has 1 aromatic heterocycles. The van der Waals surface area contributed by atoms with E-state index in [-0.39, 0.29) is 5.78 Å². The third kappa shape index (κ3) is 4.40. The maximum Gasteiger partial charge on any atom is 0.186 e. The van der Waals surface area contributed by atoms with Crippen LogP contribution in [0.4, 0.5) is 0 Å². The van der Waals surface area contributed by atoms with E-state index >= 15 is 0 Å². The van der Waals surface area contributed by atoms with Gasteiger partial charge in [-0.2, -0.15) is 5.10 Å². The van der Waals surface area contributed by atoms with Gasteiger partial charge in [-0.15, -0.1) is 0 Å². The molecular weight excluding hydrogens is 356 g/mol. The van der Waals surface area contributed by atoms with Crippen molar-refractivity contribution in [2.24, 2.45) is 0 Å². The first-order valence-electron chi connectivity index (χ1n) is 8.76. The molecule has 0 spiro atoms. The second-order valence-corrected chi connectivity index (χ2v) is 6.05. The fraction of sp³-hybridized carbons (Fsp3) is 0.182. The summed E-state index contributed by atoms with van der Waals surface area (Å²) in [6, 6.07) is 6.98. The Balaban J connectivity index is 1.74. The summed E-state index contributed by atoms with van der Waals surface area (Å²) in [7, 11) is 4.73. The molecule has 0 saturated heterocycles. The number of hydrogen-bond acceptors (Lipinski definition) is 5.